The van der Waals surface area contributed by atoms with Gasteiger partial charge in [0, 0.05) is 6.04 Å². The lowest BCUT2D eigenvalue weighted by atomic mass is 9.78. The Morgan fingerprint density at radius 2 is 2.11 bits per heavy atom. The van der Waals surface area contributed by atoms with Crippen LogP contribution in [0, 0.1) is 11.8 Å². The van der Waals surface area contributed by atoms with Gasteiger partial charge in [0.15, 0.2) is 16.7 Å². The van der Waals surface area contributed by atoms with Gasteiger partial charge >= 0.3 is 0 Å². The Morgan fingerprint density at radius 1 is 1.33 bits per heavy atom. The zero-order chi connectivity index (χ0) is 13.1. The second kappa shape index (κ2) is 5.74. The first-order valence-electron chi connectivity index (χ1n) is 6.44. The van der Waals surface area contributed by atoms with Gasteiger partial charge in [-0.3, -0.25) is 0 Å². The number of aromatic nitrogens is 2. The van der Waals surface area contributed by atoms with Gasteiger partial charge in [0.25, 0.3) is 0 Å². The van der Waals surface area contributed by atoms with Crippen LogP contribution in [0.15, 0.2) is 6.33 Å². The van der Waals surface area contributed by atoms with Crippen molar-refractivity contribution in [3.8, 4) is 5.75 Å². The molecule has 0 saturated heterocycles. The van der Waals surface area contributed by atoms with E-state index in [-0.39, 0.29) is 0 Å². The largest absolute Gasteiger partial charge is 0.490 e. The Morgan fingerprint density at radius 3 is 2.83 bits per heavy atom. The van der Waals surface area contributed by atoms with E-state index in [1.807, 2.05) is 0 Å². The van der Waals surface area contributed by atoms with Crippen molar-refractivity contribution in [1.82, 2.24) is 9.97 Å². The third-order valence-electron chi connectivity index (χ3n) is 3.99. The van der Waals surface area contributed by atoms with E-state index in [0.29, 0.717) is 28.7 Å². The summed E-state index contributed by atoms with van der Waals surface area (Å²) in [6.07, 6.45) is 5.19. The van der Waals surface area contributed by atoms with Crippen molar-refractivity contribution in [1.29, 1.82) is 0 Å². The predicted molar refractivity (Wildman–Crippen MR) is 73.2 cm³/mol. The smallest absolute Gasteiger partial charge is 0.198 e. The van der Waals surface area contributed by atoms with Crippen molar-refractivity contribution < 1.29 is 4.74 Å². The summed E-state index contributed by atoms with van der Waals surface area (Å²) in [6.45, 7) is 4.60. The molecule has 5 heteroatoms. The number of ether oxygens (including phenoxy) is 1. The van der Waals surface area contributed by atoms with Crippen LogP contribution in [0.4, 0.5) is 5.82 Å². The zero-order valence-electron chi connectivity index (χ0n) is 11.1. The van der Waals surface area contributed by atoms with E-state index in [1.54, 1.807) is 7.11 Å². The minimum absolute atomic E-state index is 0.353. The van der Waals surface area contributed by atoms with Crippen molar-refractivity contribution in [2.24, 2.45) is 11.8 Å². The molecule has 0 spiro atoms. The average molecular weight is 270 g/mol. The average Bonchev–Trinajstić information content (AvgIpc) is 2.35. The van der Waals surface area contributed by atoms with E-state index < -0.39 is 0 Å². The van der Waals surface area contributed by atoms with E-state index in [9.17, 15) is 0 Å². The number of halogens is 1. The van der Waals surface area contributed by atoms with Gasteiger partial charge in [-0.1, -0.05) is 38.3 Å². The minimum Gasteiger partial charge on any atom is -0.490 e. The fourth-order valence-electron chi connectivity index (χ4n) is 2.60. The lowest BCUT2D eigenvalue weighted by molar-refractivity contribution is 0.252. The van der Waals surface area contributed by atoms with Crippen molar-refractivity contribution in [3.05, 3.63) is 11.5 Å². The van der Waals surface area contributed by atoms with Crippen LogP contribution >= 0.6 is 11.6 Å². The first-order valence-corrected chi connectivity index (χ1v) is 6.82. The highest BCUT2D eigenvalue weighted by molar-refractivity contribution is 6.31. The molecule has 0 bridgehead atoms. The maximum Gasteiger partial charge on any atom is 0.198 e. The molecule has 1 aromatic heterocycles. The van der Waals surface area contributed by atoms with Gasteiger partial charge in [0.1, 0.15) is 6.33 Å². The van der Waals surface area contributed by atoms with Crippen LogP contribution in [0.2, 0.25) is 5.15 Å². The quantitative estimate of drug-likeness (QED) is 0.855. The SMILES string of the molecule is COc1c(Cl)ncnc1NC1CCCC(C)C1C. The van der Waals surface area contributed by atoms with E-state index in [4.69, 9.17) is 16.3 Å². The number of nitrogens with zero attached hydrogens (tertiary/aromatic N) is 2. The summed E-state index contributed by atoms with van der Waals surface area (Å²) < 4.78 is 5.26. The van der Waals surface area contributed by atoms with Crippen LogP contribution in [0.3, 0.4) is 0 Å². The van der Waals surface area contributed by atoms with Gasteiger partial charge in [-0.15, -0.1) is 0 Å². The first kappa shape index (κ1) is 13.4. The monoisotopic (exact) mass is 269 g/mol. The number of hydrogen-bond acceptors (Lipinski definition) is 4. The number of anilines is 1. The highest BCUT2D eigenvalue weighted by Crippen LogP contribution is 2.34. The molecule has 0 amide bonds. The van der Waals surface area contributed by atoms with Gasteiger partial charge in [0.05, 0.1) is 7.11 Å². The standard InChI is InChI=1S/C13H20ClN3O/c1-8-5-4-6-10(9(8)2)17-13-11(18-3)12(14)15-7-16-13/h7-10H,4-6H2,1-3H3,(H,15,16,17). The topological polar surface area (TPSA) is 47.0 Å². The summed E-state index contributed by atoms with van der Waals surface area (Å²) in [7, 11) is 1.59. The second-order valence-corrected chi connectivity index (χ2v) is 5.42. The Labute approximate surface area is 113 Å². The molecule has 1 fully saturated rings. The Hall–Kier alpha value is -1.03. The number of nitrogens with one attached hydrogen (secondary N) is 1. The van der Waals surface area contributed by atoms with Crippen LogP contribution in [0.1, 0.15) is 33.1 Å². The third-order valence-corrected chi connectivity index (χ3v) is 4.26. The molecule has 1 heterocycles. The normalized spacial score (nSPS) is 27.9. The van der Waals surface area contributed by atoms with Crippen LogP contribution in [-0.2, 0) is 0 Å². The van der Waals surface area contributed by atoms with Crippen LogP contribution < -0.4 is 10.1 Å². The van der Waals surface area contributed by atoms with Gasteiger partial charge in [-0.05, 0) is 18.3 Å². The van der Waals surface area contributed by atoms with Crippen molar-refractivity contribution in [2.45, 2.75) is 39.2 Å². The molecule has 2 rings (SSSR count). The number of rotatable bonds is 3. The Balaban J connectivity index is 2.16. The van der Waals surface area contributed by atoms with E-state index in [2.05, 4.69) is 29.1 Å². The molecule has 1 aliphatic rings. The van der Waals surface area contributed by atoms with Crippen molar-refractivity contribution in [2.75, 3.05) is 12.4 Å². The molecule has 18 heavy (non-hydrogen) atoms. The van der Waals surface area contributed by atoms with Gasteiger partial charge in [-0.2, -0.15) is 0 Å². The van der Waals surface area contributed by atoms with Crippen LogP contribution in [-0.4, -0.2) is 23.1 Å². The van der Waals surface area contributed by atoms with Crippen molar-refractivity contribution in [3.63, 3.8) is 0 Å². The molecule has 4 nitrogen and oxygen atoms in total. The molecule has 0 aromatic carbocycles. The summed E-state index contributed by atoms with van der Waals surface area (Å²) in [5, 5.41) is 3.81. The molecule has 1 saturated carbocycles. The fraction of sp³-hybridized carbons (Fsp3) is 0.692. The summed E-state index contributed by atoms with van der Waals surface area (Å²) in [5.74, 6) is 2.59. The molecule has 1 N–H and O–H groups in total. The molecule has 1 aromatic rings. The van der Waals surface area contributed by atoms with Gasteiger partial charge in [-0.25, -0.2) is 9.97 Å². The molecule has 0 aliphatic heterocycles. The molecule has 0 radical (unpaired) electrons. The summed E-state index contributed by atoms with van der Waals surface area (Å²) in [5.41, 5.74) is 0. The first-order chi connectivity index (χ1) is 8.63. The lowest BCUT2D eigenvalue weighted by Gasteiger charge is -2.35. The summed E-state index contributed by atoms with van der Waals surface area (Å²) >= 11 is 6.00. The molecule has 1 aliphatic carbocycles. The van der Waals surface area contributed by atoms with Crippen LogP contribution in [0.25, 0.3) is 0 Å². The molecular weight excluding hydrogens is 250 g/mol. The summed E-state index contributed by atoms with van der Waals surface area (Å²) in [4.78, 5) is 8.16. The molecule has 100 valence electrons. The van der Waals surface area contributed by atoms with E-state index in [0.717, 1.165) is 12.3 Å². The number of methoxy groups -OCH3 is 1. The molecule has 3 unspecified atom stereocenters. The fourth-order valence-corrected chi connectivity index (χ4v) is 2.81. The maximum absolute atomic E-state index is 6.00. The number of hydrogen-bond donors (Lipinski definition) is 1. The van der Waals surface area contributed by atoms with E-state index in [1.165, 1.54) is 19.2 Å². The molecule has 3 atom stereocenters. The van der Waals surface area contributed by atoms with Gasteiger partial charge < -0.3 is 10.1 Å². The molecular formula is C13H20ClN3O. The zero-order valence-corrected chi connectivity index (χ0v) is 11.9. The summed E-state index contributed by atoms with van der Waals surface area (Å²) in [6, 6.07) is 0.425. The third kappa shape index (κ3) is 2.69. The second-order valence-electron chi connectivity index (χ2n) is 5.06. The highest BCUT2D eigenvalue weighted by atomic mass is 35.5. The van der Waals surface area contributed by atoms with Gasteiger partial charge in [0.2, 0.25) is 0 Å². The predicted octanol–water partition coefficient (Wildman–Crippen LogP) is 3.38. The lowest BCUT2D eigenvalue weighted by Crippen LogP contribution is -2.35. The maximum atomic E-state index is 6.00. The highest BCUT2D eigenvalue weighted by Gasteiger charge is 2.28. The Kier molecular flexibility index (Phi) is 4.27. The van der Waals surface area contributed by atoms with E-state index >= 15 is 0 Å². The van der Waals surface area contributed by atoms with Crippen LogP contribution in [0.5, 0.6) is 5.75 Å². The Bertz CT molecular complexity index is 413. The van der Waals surface area contributed by atoms with Crippen molar-refractivity contribution >= 4 is 17.4 Å². The minimum atomic E-state index is 0.353.